The van der Waals surface area contributed by atoms with Crippen molar-refractivity contribution >= 4 is 5.97 Å². The lowest BCUT2D eigenvalue weighted by Gasteiger charge is -2.30. The van der Waals surface area contributed by atoms with Crippen molar-refractivity contribution in [2.45, 2.75) is 77.2 Å². The molecule has 0 unspecified atom stereocenters. The number of carbonyl (C=O) groups is 1. The van der Waals surface area contributed by atoms with E-state index < -0.39 is 5.97 Å². The van der Waals surface area contributed by atoms with Gasteiger partial charge >= 0.3 is 5.97 Å². The van der Waals surface area contributed by atoms with E-state index in [1.165, 1.54) is 18.9 Å². The number of rotatable bonds is 8. The van der Waals surface area contributed by atoms with Crippen LogP contribution in [0.5, 0.6) is 11.6 Å². The third-order valence-corrected chi connectivity index (χ3v) is 8.70. The van der Waals surface area contributed by atoms with Gasteiger partial charge in [-0.25, -0.2) is 9.37 Å². The van der Waals surface area contributed by atoms with Gasteiger partial charge in [0.15, 0.2) is 0 Å². The first-order valence-corrected chi connectivity index (χ1v) is 13.4. The number of benzene rings is 2. The number of ether oxygens (including phenoxy) is 2. The highest BCUT2D eigenvalue weighted by molar-refractivity contribution is 5.71. The molecule has 2 aromatic carbocycles. The van der Waals surface area contributed by atoms with Gasteiger partial charge in [0.25, 0.3) is 0 Å². The molecule has 0 bridgehead atoms. The van der Waals surface area contributed by atoms with E-state index in [9.17, 15) is 14.3 Å². The molecular weight excluding hydrogens is 481 g/mol. The predicted octanol–water partition coefficient (Wildman–Crippen LogP) is 7.45. The molecular formula is C32H36FNO4. The van der Waals surface area contributed by atoms with E-state index in [1.807, 2.05) is 31.2 Å². The molecule has 2 atom stereocenters. The minimum Gasteiger partial charge on any atom is -0.489 e. The molecule has 200 valence electrons. The van der Waals surface area contributed by atoms with E-state index in [1.54, 1.807) is 6.07 Å². The van der Waals surface area contributed by atoms with E-state index in [0.717, 1.165) is 60.1 Å². The highest BCUT2D eigenvalue weighted by Crippen LogP contribution is 2.51. The van der Waals surface area contributed by atoms with Gasteiger partial charge in [-0.2, -0.15) is 0 Å². The third-order valence-electron chi connectivity index (χ3n) is 8.70. The molecule has 0 radical (unpaired) electrons. The van der Waals surface area contributed by atoms with Gasteiger partial charge in [0.1, 0.15) is 18.2 Å². The number of hydrogen-bond acceptors (Lipinski definition) is 4. The number of aryl methyl sites for hydroxylation is 1. The second-order valence-corrected chi connectivity index (χ2v) is 11.8. The zero-order valence-electron chi connectivity index (χ0n) is 22.6. The molecule has 38 heavy (non-hydrogen) atoms. The van der Waals surface area contributed by atoms with Crippen LogP contribution in [0.2, 0.25) is 0 Å². The lowest BCUT2D eigenvalue weighted by Crippen LogP contribution is -2.22. The second-order valence-electron chi connectivity index (χ2n) is 11.8. The molecule has 1 saturated carbocycles. The summed E-state index contributed by atoms with van der Waals surface area (Å²) in [6.45, 7) is 6.98. The van der Waals surface area contributed by atoms with Crippen molar-refractivity contribution in [3.05, 3.63) is 76.7 Å². The molecule has 0 aliphatic heterocycles. The molecule has 1 N–H and O–H groups in total. The van der Waals surface area contributed by atoms with Crippen molar-refractivity contribution < 1.29 is 23.8 Å². The molecule has 0 amide bonds. The summed E-state index contributed by atoms with van der Waals surface area (Å²) in [5, 5.41) is 9.42. The number of pyridine rings is 1. The summed E-state index contributed by atoms with van der Waals surface area (Å²) >= 11 is 0. The normalized spacial score (nSPS) is 21.8. The number of carboxylic acids is 1. The molecule has 2 aliphatic rings. The number of methoxy groups -OCH3 is 1. The average molecular weight is 518 g/mol. The first kappa shape index (κ1) is 26.2. The van der Waals surface area contributed by atoms with Gasteiger partial charge in [-0.1, -0.05) is 51.5 Å². The smallest absolute Gasteiger partial charge is 0.304 e. The first-order valence-electron chi connectivity index (χ1n) is 13.4. The molecule has 1 fully saturated rings. The topological polar surface area (TPSA) is 68.7 Å². The minimum absolute atomic E-state index is 0.108. The Morgan fingerprint density at radius 3 is 2.63 bits per heavy atom. The van der Waals surface area contributed by atoms with Gasteiger partial charge in [-0.15, -0.1) is 0 Å². The maximum atomic E-state index is 15.0. The minimum atomic E-state index is -0.780. The van der Waals surface area contributed by atoms with Crippen LogP contribution < -0.4 is 9.47 Å². The molecule has 2 aliphatic carbocycles. The Labute approximate surface area is 224 Å². The Bertz CT molecular complexity index is 1370. The van der Waals surface area contributed by atoms with E-state index in [-0.39, 0.29) is 23.1 Å². The number of aromatic nitrogens is 1. The standard InChI is InChI=1S/C32H36FNO4/c1-31(2)12-5-6-26(31)24-14-20(7-10-23(24)25-16-29(37-4)34-18-28(25)33)19-38-22-9-8-21-11-13-32(3,17-30(35)36)27(21)15-22/h7-10,14-16,18,26H,5-6,11-13,17,19H2,1-4H3,(H,35,36)/t26-,32-/m1/s1. The molecule has 6 heteroatoms. The van der Waals surface area contributed by atoms with Crippen LogP contribution in [-0.4, -0.2) is 23.2 Å². The molecule has 1 heterocycles. The lowest BCUT2D eigenvalue weighted by molar-refractivity contribution is -0.138. The lowest BCUT2D eigenvalue weighted by atomic mass is 9.75. The van der Waals surface area contributed by atoms with Crippen LogP contribution in [0.25, 0.3) is 11.1 Å². The summed E-state index contributed by atoms with van der Waals surface area (Å²) in [4.78, 5) is 15.5. The number of carboxylic acid groups (broad SMARTS) is 1. The van der Waals surface area contributed by atoms with Gasteiger partial charge in [0.05, 0.1) is 19.7 Å². The molecule has 0 spiro atoms. The number of hydrogen-bond donors (Lipinski definition) is 1. The van der Waals surface area contributed by atoms with Crippen molar-refractivity contribution in [1.29, 1.82) is 0 Å². The Morgan fingerprint density at radius 2 is 1.92 bits per heavy atom. The van der Waals surface area contributed by atoms with Crippen LogP contribution in [0.4, 0.5) is 4.39 Å². The Balaban J connectivity index is 1.46. The van der Waals surface area contributed by atoms with Crippen molar-refractivity contribution in [2.24, 2.45) is 5.41 Å². The number of fused-ring (bicyclic) bond motifs is 1. The summed E-state index contributed by atoms with van der Waals surface area (Å²) < 4.78 is 26.5. The van der Waals surface area contributed by atoms with Crippen molar-refractivity contribution in [3.63, 3.8) is 0 Å². The van der Waals surface area contributed by atoms with E-state index >= 15 is 0 Å². The number of nitrogens with zero attached hydrogens (tertiary/aromatic N) is 1. The van der Waals surface area contributed by atoms with E-state index in [4.69, 9.17) is 9.47 Å². The van der Waals surface area contributed by atoms with Gasteiger partial charge in [0, 0.05) is 17.0 Å². The van der Waals surface area contributed by atoms with Gasteiger partial charge in [-0.05, 0) is 77.0 Å². The quantitative estimate of drug-likeness (QED) is 0.336. The number of halogens is 1. The molecule has 5 nitrogen and oxygen atoms in total. The monoisotopic (exact) mass is 517 g/mol. The molecule has 3 aromatic rings. The van der Waals surface area contributed by atoms with Gasteiger partial charge in [-0.3, -0.25) is 4.79 Å². The maximum absolute atomic E-state index is 15.0. The zero-order chi connectivity index (χ0) is 27.1. The summed E-state index contributed by atoms with van der Waals surface area (Å²) in [5.41, 5.74) is 5.52. The summed E-state index contributed by atoms with van der Waals surface area (Å²) in [7, 11) is 1.54. The Hall–Kier alpha value is -3.41. The largest absolute Gasteiger partial charge is 0.489 e. The molecule has 0 saturated heterocycles. The fourth-order valence-electron chi connectivity index (χ4n) is 6.53. The number of aliphatic carboxylic acids is 1. The summed E-state index contributed by atoms with van der Waals surface area (Å²) in [6.07, 6.45) is 6.38. The third kappa shape index (κ3) is 5.01. The maximum Gasteiger partial charge on any atom is 0.304 e. The van der Waals surface area contributed by atoms with Crippen LogP contribution >= 0.6 is 0 Å². The van der Waals surface area contributed by atoms with Crippen LogP contribution in [0.3, 0.4) is 0 Å². The van der Waals surface area contributed by atoms with Crippen LogP contribution in [-0.2, 0) is 23.2 Å². The van der Waals surface area contributed by atoms with E-state index in [2.05, 4.69) is 31.0 Å². The van der Waals surface area contributed by atoms with Crippen LogP contribution in [0, 0.1) is 11.2 Å². The van der Waals surface area contributed by atoms with Crippen molar-refractivity contribution in [2.75, 3.05) is 7.11 Å². The first-order chi connectivity index (χ1) is 18.1. The van der Waals surface area contributed by atoms with E-state index in [0.29, 0.717) is 24.0 Å². The molecule has 5 rings (SSSR count). The van der Waals surface area contributed by atoms with Crippen molar-refractivity contribution in [3.8, 4) is 22.8 Å². The highest BCUT2D eigenvalue weighted by atomic mass is 19.1. The second kappa shape index (κ2) is 10.0. The van der Waals surface area contributed by atoms with Gasteiger partial charge in [0.2, 0.25) is 5.88 Å². The SMILES string of the molecule is COc1cc(-c2ccc(COc3ccc4c(c3)[C@@](C)(CC(=O)O)CC4)cc2[C@H]2CCCC2(C)C)c(F)cn1. The van der Waals surface area contributed by atoms with Crippen LogP contribution in [0.15, 0.2) is 48.7 Å². The van der Waals surface area contributed by atoms with Crippen molar-refractivity contribution in [1.82, 2.24) is 4.98 Å². The zero-order valence-corrected chi connectivity index (χ0v) is 22.6. The average Bonchev–Trinajstić information content (AvgIpc) is 3.40. The Morgan fingerprint density at radius 1 is 1.11 bits per heavy atom. The predicted molar refractivity (Wildman–Crippen MR) is 145 cm³/mol. The fraction of sp³-hybridized carbons (Fsp3) is 0.438. The molecule has 1 aromatic heterocycles. The summed E-state index contributed by atoms with van der Waals surface area (Å²) in [6, 6.07) is 13.9. The summed E-state index contributed by atoms with van der Waals surface area (Å²) in [5.74, 6) is 0.274. The van der Waals surface area contributed by atoms with Gasteiger partial charge < -0.3 is 14.6 Å². The Kier molecular flexibility index (Phi) is 6.93. The van der Waals surface area contributed by atoms with Crippen LogP contribution in [0.1, 0.15) is 81.0 Å². The fourth-order valence-corrected chi connectivity index (χ4v) is 6.53. The highest BCUT2D eigenvalue weighted by Gasteiger charge is 2.38.